The lowest BCUT2D eigenvalue weighted by atomic mass is 10.2. The van der Waals surface area contributed by atoms with Gasteiger partial charge in [-0.25, -0.2) is 4.98 Å². The fraction of sp³-hybridized carbons (Fsp3) is 0.0909. The Balaban J connectivity index is 2.49. The Bertz CT molecular complexity index is 850. The summed E-state index contributed by atoms with van der Waals surface area (Å²) in [6.45, 7) is 0. The van der Waals surface area contributed by atoms with Crippen LogP contribution < -0.4 is 5.56 Å². The van der Waals surface area contributed by atoms with Crippen molar-refractivity contribution in [3.05, 3.63) is 45.5 Å². The first-order chi connectivity index (χ1) is 8.88. The molecule has 0 saturated carbocycles. The van der Waals surface area contributed by atoms with Crippen LogP contribution in [0.2, 0.25) is 5.02 Å². The van der Waals surface area contributed by atoms with Gasteiger partial charge in [0, 0.05) is 12.4 Å². The van der Waals surface area contributed by atoms with Gasteiger partial charge in [-0.1, -0.05) is 11.6 Å². The van der Waals surface area contributed by atoms with Gasteiger partial charge in [-0.05, 0) is 12.1 Å². The zero-order valence-electron chi connectivity index (χ0n) is 9.12. The van der Waals surface area contributed by atoms with Crippen molar-refractivity contribution >= 4 is 28.3 Å². The average molecular weight is 288 g/mol. The van der Waals surface area contributed by atoms with Gasteiger partial charge in [0.1, 0.15) is 0 Å². The Labute approximate surface area is 108 Å². The number of alkyl halides is 3. The number of halogens is 4. The molecule has 1 aromatic carbocycles. The second-order valence-electron chi connectivity index (χ2n) is 3.92. The van der Waals surface area contributed by atoms with Crippen LogP contribution in [0.1, 0.15) is 5.56 Å². The number of hydrogen-bond acceptors (Lipinski definition) is 2. The summed E-state index contributed by atoms with van der Waals surface area (Å²) in [5, 5.41) is -0.429. The highest BCUT2D eigenvalue weighted by Crippen LogP contribution is 2.36. The number of aromatic amines is 1. The van der Waals surface area contributed by atoms with Gasteiger partial charge in [0.2, 0.25) is 5.65 Å². The molecular formula is C11H5ClF3N3O. The van der Waals surface area contributed by atoms with Crippen LogP contribution in [0.5, 0.6) is 0 Å². The first kappa shape index (κ1) is 12.0. The molecule has 0 radical (unpaired) electrons. The fourth-order valence-corrected chi connectivity index (χ4v) is 2.19. The standard InChI is InChI=1S/C11H5ClF3N3O/c12-6-4-8-7(3-5(6)11(13,14)15)17-10(19)9-16-1-2-18(8)9/h1-4H,(H,17,19). The molecule has 0 saturated heterocycles. The van der Waals surface area contributed by atoms with Crippen molar-refractivity contribution in [2.24, 2.45) is 0 Å². The average Bonchev–Trinajstić information content (AvgIpc) is 2.78. The van der Waals surface area contributed by atoms with Crippen LogP contribution in [0.4, 0.5) is 13.2 Å². The normalized spacial score (nSPS) is 12.4. The van der Waals surface area contributed by atoms with Gasteiger partial charge in [0.05, 0.1) is 21.6 Å². The third-order valence-corrected chi connectivity index (χ3v) is 3.06. The molecule has 0 aliphatic heterocycles. The third-order valence-electron chi connectivity index (χ3n) is 2.74. The van der Waals surface area contributed by atoms with Gasteiger partial charge in [-0.3, -0.25) is 9.20 Å². The van der Waals surface area contributed by atoms with E-state index in [9.17, 15) is 18.0 Å². The zero-order valence-corrected chi connectivity index (χ0v) is 9.88. The van der Waals surface area contributed by atoms with Gasteiger partial charge < -0.3 is 4.98 Å². The Hall–Kier alpha value is -2.02. The first-order valence-corrected chi connectivity index (χ1v) is 5.51. The van der Waals surface area contributed by atoms with Gasteiger partial charge >= 0.3 is 6.18 Å². The fourth-order valence-electron chi connectivity index (χ4n) is 1.92. The predicted molar refractivity (Wildman–Crippen MR) is 63.3 cm³/mol. The molecule has 1 N–H and O–H groups in total. The largest absolute Gasteiger partial charge is 0.417 e. The molecule has 3 rings (SSSR count). The van der Waals surface area contributed by atoms with Crippen molar-refractivity contribution in [3.8, 4) is 0 Å². The lowest BCUT2D eigenvalue weighted by Crippen LogP contribution is -2.12. The number of nitrogens with one attached hydrogen (secondary N) is 1. The van der Waals surface area contributed by atoms with Crippen LogP contribution in [0, 0.1) is 0 Å². The van der Waals surface area contributed by atoms with E-state index in [-0.39, 0.29) is 11.2 Å². The van der Waals surface area contributed by atoms with Crippen LogP contribution in [-0.2, 0) is 6.18 Å². The minimum atomic E-state index is -4.58. The van der Waals surface area contributed by atoms with Crippen LogP contribution in [0.25, 0.3) is 16.7 Å². The molecule has 3 aromatic rings. The summed E-state index contributed by atoms with van der Waals surface area (Å²) in [6, 6.07) is 1.98. The highest BCUT2D eigenvalue weighted by molar-refractivity contribution is 6.32. The molecule has 2 aromatic heterocycles. The molecule has 98 valence electrons. The van der Waals surface area contributed by atoms with Gasteiger partial charge in [-0.15, -0.1) is 0 Å². The van der Waals surface area contributed by atoms with Gasteiger partial charge in [-0.2, -0.15) is 13.2 Å². The predicted octanol–water partition coefficient (Wildman–Crippen LogP) is 2.85. The number of hydrogen-bond donors (Lipinski definition) is 1. The molecule has 19 heavy (non-hydrogen) atoms. The Morgan fingerprint density at radius 1 is 1.32 bits per heavy atom. The molecule has 0 amide bonds. The summed E-state index contributed by atoms with van der Waals surface area (Å²) in [7, 11) is 0. The van der Waals surface area contributed by atoms with E-state index in [0.717, 1.165) is 12.1 Å². The van der Waals surface area contributed by atoms with Crippen molar-refractivity contribution in [1.82, 2.24) is 14.4 Å². The van der Waals surface area contributed by atoms with E-state index in [1.165, 1.54) is 16.8 Å². The molecular weight excluding hydrogens is 283 g/mol. The van der Waals surface area contributed by atoms with Crippen LogP contribution >= 0.6 is 11.6 Å². The number of rotatable bonds is 0. The van der Waals surface area contributed by atoms with Crippen LogP contribution in [-0.4, -0.2) is 14.4 Å². The monoisotopic (exact) mass is 287 g/mol. The van der Waals surface area contributed by atoms with E-state index >= 15 is 0 Å². The topological polar surface area (TPSA) is 50.2 Å². The third kappa shape index (κ3) is 1.77. The number of H-pyrrole nitrogens is 1. The Morgan fingerprint density at radius 2 is 2.05 bits per heavy atom. The van der Waals surface area contributed by atoms with E-state index in [0.29, 0.717) is 5.52 Å². The molecule has 0 atom stereocenters. The summed E-state index contributed by atoms with van der Waals surface area (Å²) in [5.74, 6) is 0. The quantitative estimate of drug-likeness (QED) is 0.691. The minimum Gasteiger partial charge on any atom is -0.317 e. The zero-order chi connectivity index (χ0) is 13.8. The maximum Gasteiger partial charge on any atom is 0.417 e. The lowest BCUT2D eigenvalue weighted by Gasteiger charge is -2.10. The molecule has 8 heteroatoms. The number of benzene rings is 1. The van der Waals surface area contributed by atoms with Crippen molar-refractivity contribution in [1.29, 1.82) is 0 Å². The number of fused-ring (bicyclic) bond motifs is 3. The summed E-state index contributed by atoms with van der Waals surface area (Å²) in [4.78, 5) is 17.8. The molecule has 0 spiro atoms. The van der Waals surface area contributed by atoms with E-state index in [1.54, 1.807) is 0 Å². The SMILES string of the molecule is O=c1[nH]c2cc(C(F)(F)F)c(Cl)cc2n2ccnc12. The maximum atomic E-state index is 12.7. The van der Waals surface area contributed by atoms with Crippen LogP contribution in [0.3, 0.4) is 0 Å². The smallest absolute Gasteiger partial charge is 0.317 e. The van der Waals surface area contributed by atoms with E-state index in [4.69, 9.17) is 11.6 Å². The molecule has 0 bridgehead atoms. The van der Waals surface area contributed by atoms with Gasteiger partial charge in [0.15, 0.2) is 0 Å². The second kappa shape index (κ2) is 3.74. The molecule has 0 unspecified atom stereocenters. The molecule has 0 aliphatic carbocycles. The van der Waals surface area contributed by atoms with Gasteiger partial charge in [0.25, 0.3) is 5.56 Å². The molecule has 0 aliphatic rings. The first-order valence-electron chi connectivity index (χ1n) is 5.14. The summed E-state index contributed by atoms with van der Waals surface area (Å²) >= 11 is 5.65. The summed E-state index contributed by atoms with van der Waals surface area (Å²) in [6.07, 6.45) is -1.71. The lowest BCUT2D eigenvalue weighted by molar-refractivity contribution is -0.137. The van der Waals surface area contributed by atoms with Crippen molar-refractivity contribution < 1.29 is 13.2 Å². The van der Waals surface area contributed by atoms with E-state index in [2.05, 4.69) is 9.97 Å². The van der Waals surface area contributed by atoms with E-state index < -0.39 is 22.3 Å². The van der Waals surface area contributed by atoms with Crippen molar-refractivity contribution in [2.45, 2.75) is 6.18 Å². The highest BCUT2D eigenvalue weighted by atomic mass is 35.5. The number of nitrogens with zero attached hydrogens (tertiary/aromatic N) is 2. The Morgan fingerprint density at radius 3 is 2.74 bits per heavy atom. The number of imidazole rings is 1. The van der Waals surface area contributed by atoms with Crippen molar-refractivity contribution in [2.75, 3.05) is 0 Å². The Kier molecular flexibility index (Phi) is 2.37. The molecule has 4 nitrogen and oxygen atoms in total. The summed E-state index contributed by atoms with van der Waals surface area (Å²) in [5.41, 5.74) is -1.05. The van der Waals surface area contributed by atoms with Crippen LogP contribution in [0.15, 0.2) is 29.3 Å². The number of aromatic nitrogens is 3. The highest BCUT2D eigenvalue weighted by Gasteiger charge is 2.33. The minimum absolute atomic E-state index is 0.0484. The van der Waals surface area contributed by atoms with E-state index in [1.807, 2.05) is 0 Å². The molecule has 0 fully saturated rings. The second-order valence-corrected chi connectivity index (χ2v) is 4.33. The maximum absolute atomic E-state index is 12.7. The summed E-state index contributed by atoms with van der Waals surface area (Å²) < 4.78 is 39.6. The molecule has 2 heterocycles. The van der Waals surface area contributed by atoms with Crippen molar-refractivity contribution in [3.63, 3.8) is 0 Å².